The van der Waals surface area contributed by atoms with Crippen LogP contribution in [0.1, 0.15) is 13.3 Å². The Balaban J connectivity index is 2.66. The minimum atomic E-state index is -3.86. The molecule has 0 radical (unpaired) electrons. The first-order valence-corrected chi connectivity index (χ1v) is 7.17. The highest BCUT2D eigenvalue weighted by atomic mass is 35.5. The normalized spacial score (nSPS) is 11.5. The van der Waals surface area contributed by atoms with Crippen molar-refractivity contribution in [3.05, 3.63) is 11.5 Å². The standard InChI is InChI=1S/C9H15ClN4O3S/c1-3-4-11-7(15)5-13-18(16,17)9-8(10)14(2)6-12-9/h6,13H,3-5H2,1-2H3,(H,11,15). The van der Waals surface area contributed by atoms with Gasteiger partial charge in [-0.3, -0.25) is 4.79 Å². The topological polar surface area (TPSA) is 93.1 Å². The lowest BCUT2D eigenvalue weighted by Crippen LogP contribution is -2.37. The molecule has 0 aliphatic heterocycles. The van der Waals surface area contributed by atoms with Crippen LogP contribution in [0.15, 0.2) is 11.4 Å². The van der Waals surface area contributed by atoms with Gasteiger partial charge < -0.3 is 9.88 Å². The largest absolute Gasteiger partial charge is 0.355 e. The van der Waals surface area contributed by atoms with Gasteiger partial charge in [-0.15, -0.1) is 0 Å². The van der Waals surface area contributed by atoms with Crippen molar-refractivity contribution >= 4 is 27.5 Å². The van der Waals surface area contributed by atoms with E-state index in [-0.39, 0.29) is 16.7 Å². The maximum absolute atomic E-state index is 11.8. The van der Waals surface area contributed by atoms with Gasteiger partial charge in [-0.05, 0) is 6.42 Å². The number of rotatable bonds is 6. The van der Waals surface area contributed by atoms with E-state index >= 15 is 0 Å². The zero-order valence-corrected chi connectivity index (χ0v) is 11.7. The summed E-state index contributed by atoms with van der Waals surface area (Å²) in [7, 11) is -2.29. The molecule has 0 fully saturated rings. The van der Waals surface area contributed by atoms with Crippen LogP contribution in [-0.4, -0.2) is 37.0 Å². The van der Waals surface area contributed by atoms with Gasteiger partial charge in [-0.2, -0.15) is 0 Å². The van der Waals surface area contributed by atoms with E-state index in [2.05, 4.69) is 15.0 Å². The van der Waals surface area contributed by atoms with Crippen molar-refractivity contribution in [3.8, 4) is 0 Å². The molecule has 0 aromatic carbocycles. The van der Waals surface area contributed by atoms with Crippen LogP contribution < -0.4 is 10.0 Å². The van der Waals surface area contributed by atoms with E-state index in [1.165, 1.54) is 10.9 Å². The van der Waals surface area contributed by atoms with Crippen LogP contribution >= 0.6 is 11.6 Å². The average Bonchev–Trinajstić information content (AvgIpc) is 2.65. The number of amides is 1. The third-order valence-corrected chi connectivity index (χ3v) is 3.97. The molecule has 9 heteroatoms. The molecule has 102 valence electrons. The molecular weight excluding hydrogens is 280 g/mol. The number of imidazole rings is 1. The number of halogens is 1. The van der Waals surface area contributed by atoms with Crippen LogP contribution in [0.3, 0.4) is 0 Å². The third kappa shape index (κ3) is 3.69. The lowest BCUT2D eigenvalue weighted by atomic mass is 10.5. The molecule has 0 unspecified atom stereocenters. The monoisotopic (exact) mass is 294 g/mol. The van der Waals surface area contributed by atoms with Crippen molar-refractivity contribution in [2.45, 2.75) is 18.4 Å². The van der Waals surface area contributed by atoms with Gasteiger partial charge in [0.25, 0.3) is 10.0 Å². The van der Waals surface area contributed by atoms with Gasteiger partial charge in [0.2, 0.25) is 10.9 Å². The van der Waals surface area contributed by atoms with Gasteiger partial charge in [-0.1, -0.05) is 18.5 Å². The van der Waals surface area contributed by atoms with Crippen molar-refractivity contribution in [1.29, 1.82) is 0 Å². The predicted molar refractivity (Wildman–Crippen MR) is 66.7 cm³/mol. The number of nitrogens with zero attached hydrogens (tertiary/aromatic N) is 2. The van der Waals surface area contributed by atoms with Crippen molar-refractivity contribution in [2.24, 2.45) is 7.05 Å². The Bertz CT molecular complexity index is 526. The Labute approximate surface area is 111 Å². The van der Waals surface area contributed by atoms with Gasteiger partial charge in [0, 0.05) is 13.6 Å². The summed E-state index contributed by atoms with van der Waals surface area (Å²) in [4.78, 5) is 14.9. The molecule has 1 rings (SSSR count). The lowest BCUT2D eigenvalue weighted by Gasteiger charge is -2.05. The van der Waals surface area contributed by atoms with Crippen LogP contribution in [0.5, 0.6) is 0 Å². The second-order valence-corrected chi connectivity index (χ2v) is 5.67. The molecule has 0 aliphatic carbocycles. The van der Waals surface area contributed by atoms with E-state index in [1.807, 2.05) is 6.92 Å². The Morgan fingerprint density at radius 1 is 1.56 bits per heavy atom. The first-order valence-electron chi connectivity index (χ1n) is 5.31. The minimum Gasteiger partial charge on any atom is -0.355 e. The summed E-state index contributed by atoms with van der Waals surface area (Å²) >= 11 is 5.77. The molecule has 18 heavy (non-hydrogen) atoms. The smallest absolute Gasteiger partial charge is 0.261 e. The minimum absolute atomic E-state index is 0.00327. The van der Waals surface area contributed by atoms with Crippen LogP contribution in [0, 0.1) is 0 Å². The van der Waals surface area contributed by atoms with Crippen LogP contribution in [0.2, 0.25) is 5.15 Å². The Morgan fingerprint density at radius 2 is 2.22 bits per heavy atom. The summed E-state index contributed by atoms with van der Waals surface area (Å²) in [6.07, 6.45) is 2.07. The number of carbonyl (C=O) groups excluding carboxylic acids is 1. The molecule has 1 aromatic heterocycles. The van der Waals surface area contributed by atoms with E-state index in [4.69, 9.17) is 11.6 Å². The van der Waals surface area contributed by atoms with E-state index in [0.29, 0.717) is 6.54 Å². The fourth-order valence-electron chi connectivity index (χ4n) is 1.13. The molecule has 7 nitrogen and oxygen atoms in total. The zero-order valence-electron chi connectivity index (χ0n) is 10.1. The van der Waals surface area contributed by atoms with Crippen molar-refractivity contribution in [3.63, 3.8) is 0 Å². The van der Waals surface area contributed by atoms with E-state index in [0.717, 1.165) is 6.42 Å². The highest BCUT2D eigenvalue weighted by Crippen LogP contribution is 2.17. The summed E-state index contributed by atoms with van der Waals surface area (Å²) in [6, 6.07) is 0. The van der Waals surface area contributed by atoms with Gasteiger partial charge in [0.05, 0.1) is 12.9 Å². The Kier molecular flexibility index (Phi) is 5.12. The van der Waals surface area contributed by atoms with Crippen molar-refractivity contribution in [2.75, 3.05) is 13.1 Å². The van der Waals surface area contributed by atoms with E-state index in [1.54, 1.807) is 7.05 Å². The van der Waals surface area contributed by atoms with Crippen LogP contribution in [0.4, 0.5) is 0 Å². The molecule has 1 amide bonds. The maximum atomic E-state index is 11.8. The summed E-state index contributed by atoms with van der Waals surface area (Å²) in [6.45, 7) is 2.07. The zero-order chi connectivity index (χ0) is 13.8. The fourth-order valence-corrected chi connectivity index (χ4v) is 2.54. The summed E-state index contributed by atoms with van der Waals surface area (Å²) < 4.78 is 27.1. The van der Waals surface area contributed by atoms with Gasteiger partial charge >= 0.3 is 0 Å². The van der Waals surface area contributed by atoms with Gasteiger partial charge in [-0.25, -0.2) is 18.1 Å². The summed E-state index contributed by atoms with van der Waals surface area (Å²) in [5, 5.41) is 2.27. The van der Waals surface area contributed by atoms with Crippen molar-refractivity contribution < 1.29 is 13.2 Å². The molecule has 0 aliphatic rings. The maximum Gasteiger partial charge on any atom is 0.261 e. The number of hydrogen-bond acceptors (Lipinski definition) is 4. The molecular formula is C9H15ClN4O3S. The average molecular weight is 295 g/mol. The first kappa shape index (κ1) is 14.9. The number of aryl methyl sites for hydroxylation is 1. The SMILES string of the molecule is CCCNC(=O)CNS(=O)(=O)c1ncn(C)c1Cl. The highest BCUT2D eigenvalue weighted by molar-refractivity contribution is 7.89. The Morgan fingerprint density at radius 3 is 2.72 bits per heavy atom. The van der Waals surface area contributed by atoms with Crippen LogP contribution in [-0.2, 0) is 21.9 Å². The van der Waals surface area contributed by atoms with Crippen molar-refractivity contribution in [1.82, 2.24) is 19.6 Å². The number of carbonyl (C=O) groups is 1. The van der Waals surface area contributed by atoms with Gasteiger partial charge in [0.15, 0.2) is 0 Å². The highest BCUT2D eigenvalue weighted by Gasteiger charge is 2.22. The first-order chi connectivity index (χ1) is 8.38. The molecule has 0 atom stereocenters. The molecule has 1 heterocycles. The van der Waals surface area contributed by atoms with E-state index < -0.39 is 15.9 Å². The number of sulfonamides is 1. The molecule has 0 saturated carbocycles. The third-order valence-electron chi connectivity index (χ3n) is 2.08. The lowest BCUT2D eigenvalue weighted by molar-refractivity contribution is -0.119. The summed E-state index contributed by atoms with van der Waals surface area (Å²) in [5.74, 6) is -0.396. The molecule has 2 N–H and O–H groups in total. The van der Waals surface area contributed by atoms with Gasteiger partial charge in [0.1, 0.15) is 5.15 Å². The molecule has 0 bridgehead atoms. The quantitative estimate of drug-likeness (QED) is 0.765. The van der Waals surface area contributed by atoms with E-state index in [9.17, 15) is 13.2 Å². The molecule has 0 saturated heterocycles. The second-order valence-electron chi connectivity index (χ2n) is 3.63. The fraction of sp³-hybridized carbons (Fsp3) is 0.556. The molecule has 0 spiro atoms. The number of nitrogens with one attached hydrogen (secondary N) is 2. The number of aromatic nitrogens is 2. The predicted octanol–water partition coefficient (Wildman–Crippen LogP) is -0.122. The number of hydrogen-bond donors (Lipinski definition) is 2. The van der Waals surface area contributed by atoms with Crippen LogP contribution in [0.25, 0.3) is 0 Å². The Hall–Kier alpha value is -1.12. The second kappa shape index (κ2) is 6.17. The molecule has 1 aromatic rings. The summed E-state index contributed by atoms with van der Waals surface area (Å²) in [5.41, 5.74) is 0.